The van der Waals surface area contributed by atoms with Crippen LogP contribution in [0.4, 0.5) is 4.39 Å². The quantitative estimate of drug-likeness (QED) is 0.451. The molecule has 28 heavy (non-hydrogen) atoms. The van der Waals surface area contributed by atoms with Gasteiger partial charge in [-0.05, 0) is 30.3 Å². The number of para-hydroxylation sites is 3. The smallest absolute Gasteiger partial charge is 0.131 e. The molecule has 0 saturated carbocycles. The highest BCUT2D eigenvalue weighted by molar-refractivity contribution is 6.31. The molecule has 0 spiro atoms. The molecule has 3 aromatic carbocycles. The Labute approximate surface area is 167 Å². The van der Waals surface area contributed by atoms with Gasteiger partial charge in [0.05, 0.1) is 22.6 Å². The average Bonchev–Trinajstić information content (AvgIpc) is 3.11. The fourth-order valence-electron chi connectivity index (χ4n) is 3.02. The van der Waals surface area contributed by atoms with Crippen molar-refractivity contribution in [2.75, 3.05) is 0 Å². The summed E-state index contributed by atoms with van der Waals surface area (Å²) >= 11 is 6.08. The van der Waals surface area contributed by atoms with E-state index in [9.17, 15) is 4.39 Å². The number of hydrogen-bond donors (Lipinski definition) is 2. The van der Waals surface area contributed by atoms with E-state index in [1.165, 1.54) is 6.07 Å². The van der Waals surface area contributed by atoms with Gasteiger partial charge in [-0.2, -0.15) is 0 Å². The molecule has 0 aliphatic rings. The molecule has 2 N–H and O–H groups in total. The first-order chi connectivity index (χ1) is 13.7. The Balaban J connectivity index is 1.40. The van der Waals surface area contributed by atoms with E-state index in [2.05, 4.69) is 15.3 Å². The number of halogens is 2. The molecule has 1 aromatic heterocycles. The number of imidazole rings is 1. The van der Waals surface area contributed by atoms with Gasteiger partial charge in [0, 0.05) is 17.7 Å². The molecule has 142 valence electrons. The maximum Gasteiger partial charge on any atom is 0.131 e. The van der Waals surface area contributed by atoms with Crippen LogP contribution >= 0.6 is 11.6 Å². The summed E-state index contributed by atoms with van der Waals surface area (Å²) in [6, 6.07) is 20.2. The topological polar surface area (TPSA) is 49.9 Å². The predicted octanol–water partition coefficient (Wildman–Crippen LogP) is 5.22. The highest BCUT2D eigenvalue weighted by Gasteiger charge is 2.10. The molecule has 0 atom stereocenters. The number of aromatic nitrogens is 2. The Hall–Kier alpha value is -2.89. The van der Waals surface area contributed by atoms with Crippen molar-refractivity contribution in [1.29, 1.82) is 0 Å². The largest absolute Gasteiger partial charge is 0.488 e. The second-order valence-corrected chi connectivity index (χ2v) is 6.81. The molecule has 0 bridgehead atoms. The van der Waals surface area contributed by atoms with Crippen LogP contribution in [0.3, 0.4) is 0 Å². The van der Waals surface area contributed by atoms with Crippen LogP contribution in [0.5, 0.6) is 5.75 Å². The molecule has 4 aromatic rings. The predicted molar refractivity (Wildman–Crippen MR) is 109 cm³/mol. The van der Waals surface area contributed by atoms with E-state index < -0.39 is 0 Å². The van der Waals surface area contributed by atoms with Gasteiger partial charge in [-0.15, -0.1) is 0 Å². The van der Waals surface area contributed by atoms with Gasteiger partial charge in [0.25, 0.3) is 0 Å². The van der Waals surface area contributed by atoms with Crippen LogP contribution in [0.1, 0.15) is 17.0 Å². The van der Waals surface area contributed by atoms with Crippen LogP contribution in [0.25, 0.3) is 11.0 Å². The molecule has 4 nitrogen and oxygen atoms in total. The lowest BCUT2D eigenvalue weighted by molar-refractivity contribution is 0.296. The van der Waals surface area contributed by atoms with Crippen molar-refractivity contribution in [2.45, 2.75) is 19.7 Å². The number of fused-ring (bicyclic) bond motifs is 1. The zero-order valence-electron chi connectivity index (χ0n) is 15.1. The Morgan fingerprint density at radius 1 is 0.964 bits per heavy atom. The third kappa shape index (κ3) is 4.16. The Bertz CT molecular complexity index is 1040. The lowest BCUT2D eigenvalue weighted by Gasteiger charge is -2.13. The lowest BCUT2D eigenvalue weighted by atomic mass is 10.2. The monoisotopic (exact) mass is 395 g/mol. The maximum absolute atomic E-state index is 13.9. The van der Waals surface area contributed by atoms with E-state index in [0.717, 1.165) is 22.4 Å². The van der Waals surface area contributed by atoms with Crippen molar-refractivity contribution >= 4 is 22.6 Å². The normalized spacial score (nSPS) is 11.1. The highest BCUT2D eigenvalue weighted by Crippen LogP contribution is 2.24. The Morgan fingerprint density at radius 2 is 1.79 bits per heavy atom. The second kappa shape index (κ2) is 8.42. The summed E-state index contributed by atoms with van der Waals surface area (Å²) in [5.41, 5.74) is 3.30. The molecule has 0 aliphatic heterocycles. The summed E-state index contributed by atoms with van der Waals surface area (Å²) in [4.78, 5) is 7.85. The molecule has 4 rings (SSSR count). The van der Waals surface area contributed by atoms with E-state index in [1.807, 2.05) is 48.5 Å². The first-order valence-corrected chi connectivity index (χ1v) is 9.36. The number of nitrogens with zero attached hydrogens (tertiary/aromatic N) is 1. The van der Waals surface area contributed by atoms with E-state index >= 15 is 0 Å². The summed E-state index contributed by atoms with van der Waals surface area (Å²) in [7, 11) is 0. The molecule has 1 heterocycles. The lowest BCUT2D eigenvalue weighted by Crippen LogP contribution is -2.14. The van der Waals surface area contributed by atoms with Crippen molar-refractivity contribution in [3.8, 4) is 5.75 Å². The molecular formula is C22H19ClFN3O. The minimum Gasteiger partial charge on any atom is -0.488 e. The Kier molecular flexibility index (Phi) is 5.55. The average molecular weight is 396 g/mol. The highest BCUT2D eigenvalue weighted by atomic mass is 35.5. The number of H-pyrrole nitrogens is 1. The fraction of sp³-hybridized carbons (Fsp3) is 0.136. The van der Waals surface area contributed by atoms with E-state index in [0.29, 0.717) is 29.4 Å². The maximum atomic E-state index is 13.9. The van der Waals surface area contributed by atoms with E-state index in [-0.39, 0.29) is 12.4 Å². The van der Waals surface area contributed by atoms with Gasteiger partial charge in [-0.25, -0.2) is 9.37 Å². The number of benzene rings is 3. The SMILES string of the molecule is Fc1cccc(Cl)c1COc1ccccc1CNCc1nc2ccccc2[nH]1. The van der Waals surface area contributed by atoms with Gasteiger partial charge < -0.3 is 15.0 Å². The summed E-state index contributed by atoms with van der Waals surface area (Å²) in [6.45, 7) is 1.27. The van der Waals surface area contributed by atoms with Crippen molar-refractivity contribution < 1.29 is 9.13 Å². The Morgan fingerprint density at radius 3 is 2.64 bits per heavy atom. The van der Waals surface area contributed by atoms with Crippen molar-refractivity contribution in [3.05, 3.63) is 94.5 Å². The number of aromatic amines is 1. The molecular weight excluding hydrogens is 377 g/mol. The summed E-state index contributed by atoms with van der Waals surface area (Å²) in [6.07, 6.45) is 0. The minimum atomic E-state index is -0.368. The molecule has 6 heteroatoms. The molecule has 0 fully saturated rings. The van der Waals surface area contributed by atoms with E-state index in [1.54, 1.807) is 12.1 Å². The van der Waals surface area contributed by atoms with Gasteiger partial charge in [-0.1, -0.05) is 48.0 Å². The van der Waals surface area contributed by atoms with Gasteiger partial charge in [0.2, 0.25) is 0 Å². The number of nitrogens with one attached hydrogen (secondary N) is 2. The first kappa shape index (κ1) is 18.5. The zero-order chi connectivity index (χ0) is 19.3. The van der Waals surface area contributed by atoms with Crippen LogP contribution in [-0.2, 0) is 19.7 Å². The van der Waals surface area contributed by atoms with Crippen LogP contribution in [-0.4, -0.2) is 9.97 Å². The first-order valence-electron chi connectivity index (χ1n) is 8.98. The number of ether oxygens (including phenoxy) is 1. The van der Waals surface area contributed by atoms with Crippen LogP contribution in [0.2, 0.25) is 5.02 Å². The van der Waals surface area contributed by atoms with Gasteiger partial charge in [0.1, 0.15) is 24.0 Å². The van der Waals surface area contributed by atoms with Crippen LogP contribution in [0, 0.1) is 5.82 Å². The van der Waals surface area contributed by atoms with Gasteiger partial charge in [0.15, 0.2) is 0 Å². The molecule has 0 radical (unpaired) electrons. The molecule has 0 amide bonds. The minimum absolute atomic E-state index is 0.0755. The van der Waals surface area contributed by atoms with Crippen molar-refractivity contribution in [1.82, 2.24) is 15.3 Å². The number of hydrogen-bond acceptors (Lipinski definition) is 3. The third-order valence-corrected chi connectivity index (χ3v) is 4.81. The zero-order valence-corrected chi connectivity index (χ0v) is 15.8. The van der Waals surface area contributed by atoms with Crippen LogP contribution < -0.4 is 10.1 Å². The summed E-state index contributed by atoms with van der Waals surface area (Å²) in [5, 5.41) is 3.73. The number of rotatable bonds is 7. The van der Waals surface area contributed by atoms with Gasteiger partial charge in [-0.3, -0.25) is 0 Å². The van der Waals surface area contributed by atoms with E-state index in [4.69, 9.17) is 16.3 Å². The molecule has 0 unspecified atom stereocenters. The third-order valence-electron chi connectivity index (χ3n) is 4.45. The second-order valence-electron chi connectivity index (χ2n) is 6.40. The molecule has 0 aliphatic carbocycles. The summed E-state index contributed by atoms with van der Waals surface area (Å²) < 4.78 is 19.8. The van der Waals surface area contributed by atoms with Crippen LogP contribution in [0.15, 0.2) is 66.7 Å². The molecule has 0 saturated heterocycles. The fourth-order valence-corrected chi connectivity index (χ4v) is 3.23. The summed E-state index contributed by atoms with van der Waals surface area (Å²) in [5.74, 6) is 1.20. The standard InChI is InChI=1S/C22H19ClFN3O/c23-17-7-5-8-18(24)16(17)14-28-21-11-4-1-6-15(21)12-25-13-22-26-19-9-2-3-10-20(19)27-22/h1-11,25H,12-14H2,(H,26,27). The van der Waals surface area contributed by atoms with Gasteiger partial charge >= 0.3 is 0 Å². The van der Waals surface area contributed by atoms with Crippen molar-refractivity contribution in [3.63, 3.8) is 0 Å². The van der Waals surface area contributed by atoms with Crippen molar-refractivity contribution in [2.24, 2.45) is 0 Å².